The van der Waals surface area contributed by atoms with E-state index in [1.54, 1.807) is 49.1 Å². The highest BCUT2D eigenvalue weighted by atomic mass is 32.2. The molecule has 0 radical (unpaired) electrons. The van der Waals surface area contributed by atoms with Crippen LogP contribution in [0.25, 0.3) is 0 Å². The molecule has 3 rings (SSSR count). The lowest BCUT2D eigenvalue weighted by atomic mass is 10.2. The third-order valence-corrected chi connectivity index (χ3v) is 7.57. The first-order chi connectivity index (χ1) is 15.3. The number of rotatable bonds is 9. The van der Waals surface area contributed by atoms with Gasteiger partial charge in [0.05, 0.1) is 11.4 Å². The van der Waals surface area contributed by atoms with Gasteiger partial charge >= 0.3 is 0 Å². The predicted octanol–water partition coefficient (Wildman–Crippen LogP) is 3.20. The average molecular weight is 459 g/mol. The minimum Gasteiger partial charge on any atom is -0.376 e. The second-order valence-electron chi connectivity index (χ2n) is 7.66. The summed E-state index contributed by atoms with van der Waals surface area (Å²) in [5.41, 5.74) is 2.89. The fourth-order valence-electron chi connectivity index (χ4n) is 3.69. The van der Waals surface area contributed by atoms with Crippen molar-refractivity contribution < 1.29 is 18.0 Å². The van der Waals surface area contributed by atoms with E-state index >= 15 is 0 Å². The highest BCUT2D eigenvalue weighted by molar-refractivity contribution is 7.89. The van der Waals surface area contributed by atoms with Crippen molar-refractivity contribution in [3.63, 3.8) is 0 Å². The molecule has 9 heteroatoms. The molecule has 0 bridgehead atoms. The average Bonchev–Trinajstić information content (AvgIpc) is 3.20. The summed E-state index contributed by atoms with van der Waals surface area (Å²) < 4.78 is 26.9. The number of carbonyl (C=O) groups excluding carboxylic acids is 2. The molecule has 2 amide bonds. The summed E-state index contributed by atoms with van der Waals surface area (Å²) in [6.07, 6.45) is 1.43. The summed E-state index contributed by atoms with van der Waals surface area (Å²) in [5, 5.41) is 5.85. The number of amides is 2. The predicted molar refractivity (Wildman–Crippen MR) is 126 cm³/mol. The molecule has 0 spiro atoms. The number of nitrogens with zero attached hydrogens (tertiary/aromatic N) is 2. The van der Waals surface area contributed by atoms with Gasteiger partial charge in [-0.15, -0.1) is 0 Å². The zero-order chi connectivity index (χ0) is 23.3. The number of carbonyl (C=O) groups is 2. The van der Waals surface area contributed by atoms with Gasteiger partial charge in [0.1, 0.15) is 0 Å². The Labute approximate surface area is 189 Å². The molecule has 1 heterocycles. The molecule has 1 fully saturated rings. The van der Waals surface area contributed by atoms with Crippen LogP contribution in [0.1, 0.15) is 32.3 Å². The Kier molecular flexibility index (Phi) is 7.52. The molecule has 0 saturated carbocycles. The lowest BCUT2D eigenvalue weighted by molar-refractivity contribution is -0.117. The van der Waals surface area contributed by atoms with Gasteiger partial charge in [0.25, 0.3) is 0 Å². The fourth-order valence-corrected chi connectivity index (χ4v) is 5.18. The van der Waals surface area contributed by atoms with E-state index in [2.05, 4.69) is 10.6 Å². The van der Waals surface area contributed by atoms with Crippen LogP contribution in [0.4, 0.5) is 17.1 Å². The van der Waals surface area contributed by atoms with Crippen LogP contribution < -0.4 is 15.5 Å². The SMILES string of the molecule is CCN(CC)S(=O)(=O)c1ccc(C)c(NCC(=O)Nc2ccc(N3CCCC3=O)cc2)c1. The highest BCUT2D eigenvalue weighted by Crippen LogP contribution is 2.24. The van der Waals surface area contributed by atoms with Gasteiger partial charge in [0, 0.05) is 43.1 Å². The fraction of sp³-hybridized carbons (Fsp3) is 0.391. The molecular formula is C23H30N4O4S. The van der Waals surface area contributed by atoms with Gasteiger partial charge in [-0.1, -0.05) is 19.9 Å². The first kappa shape index (κ1) is 23.7. The van der Waals surface area contributed by atoms with Crippen molar-refractivity contribution in [1.29, 1.82) is 0 Å². The van der Waals surface area contributed by atoms with E-state index in [0.717, 1.165) is 24.2 Å². The Morgan fingerprint density at radius 1 is 1.09 bits per heavy atom. The minimum atomic E-state index is -3.58. The molecule has 0 aliphatic carbocycles. The summed E-state index contributed by atoms with van der Waals surface area (Å²) in [4.78, 5) is 26.2. The number of sulfonamides is 1. The summed E-state index contributed by atoms with van der Waals surface area (Å²) in [5.74, 6) is -0.141. The topological polar surface area (TPSA) is 98.8 Å². The molecule has 1 aliphatic heterocycles. The second kappa shape index (κ2) is 10.1. The van der Waals surface area contributed by atoms with E-state index < -0.39 is 10.0 Å². The quantitative estimate of drug-likeness (QED) is 0.601. The molecule has 2 N–H and O–H groups in total. The zero-order valence-corrected chi connectivity index (χ0v) is 19.5. The minimum absolute atomic E-state index is 0.0119. The maximum atomic E-state index is 12.8. The standard InChI is InChI=1S/C23H30N4O4S/c1-4-26(5-2)32(30,31)20-13-8-17(3)21(15-20)24-16-22(28)25-18-9-11-19(12-10-18)27-14-6-7-23(27)29/h8-13,15,24H,4-7,14,16H2,1-3H3,(H,25,28). The van der Waals surface area contributed by atoms with Crippen LogP contribution in [-0.4, -0.2) is 50.7 Å². The first-order valence-corrected chi connectivity index (χ1v) is 12.2. The third kappa shape index (κ3) is 5.28. The van der Waals surface area contributed by atoms with Gasteiger partial charge in [-0.05, 0) is 55.3 Å². The largest absolute Gasteiger partial charge is 0.376 e. The van der Waals surface area contributed by atoms with Crippen LogP contribution in [0.3, 0.4) is 0 Å². The molecule has 0 atom stereocenters. The Bertz CT molecular complexity index is 1080. The van der Waals surface area contributed by atoms with Crippen molar-refractivity contribution in [2.75, 3.05) is 41.7 Å². The van der Waals surface area contributed by atoms with Gasteiger partial charge in [-0.2, -0.15) is 4.31 Å². The zero-order valence-electron chi connectivity index (χ0n) is 18.7. The highest BCUT2D eigenvalue weighted by Gasteiger charge is 2.23. The molecule has 2 aromatic rings. The van der Waals surface area contributed by atoms with Crippen molar-refractivity contribution in [2.45, 2.75) is 38.5 Å². The lowest BCUT2D eigenvalue weighted by Gasteiger charge is -2.19. The molecule has 1 aliphatic rings. The maximum absolute atomic E-state index is 12.8. The Hall–Kier alpha value is -2.91. The monoisotopic (exact) mass is 458 g/mol. The molecule has 0 aromatic heterocycles. The van der Waals surface area contributed by atoms with E-state index in [9.17, 15) is 18.0 Å². The molecule has 172 valence electrons. The Morgan fingerprint density at radius 3 is 2.38 bits per heavy atom. The van der Waals surface area contributed by atoms with Crippen molar-refractivity contribution in [2.24, 2.45) is 0 Å². The smallest absolute Gasteiger partial charge is 0.243 e. The van der Waals surface area contributed by atoms with Gasteiger partial charge in [0.2, 0.25) is 21.8 Å². The number of hydrogen-bond acceptors (Lipinski definition) is 5. The molecule has 2 aromatic carbocycles. The van der Waals surface area contributed by atoms with Crippen molar-refractivity contribution in [3.8, 4) is 0 Å². The molecule has 0 unspecified atom stereocenters. The molecule has 8 nitrogen and oxygen atoms in total. The van der Waals surface area contributed by atoms with Crippen LogP contribution in [0.5, 0.6) is 0 Å². The van der Waals surface area contributed by atoms with Crippen molar-refractivity contribution in [1.82, 2.24) is 4.31 Å². The van der Waals surface area contributed by atoms with Crippen LogP contribution in [0, 0.1) is 6.92 Å². The van der Waals surface area contributed by atoms with E-state index in [-0.39, 0.29) is 23.3 Å². The van der Waals surface area contributed by atoms with Crippen LogP contribution in [0.2, 0.25) is 0 Å². The molecule has 32 heavy (non-hydrogen) atoms. The number of benzene rings is 2. The van der Waals surface area contributed by atoms with Gasteiger partial charge in [0.15, 0.2) is 0 Å². The Morgan fingerprint density at radius 2 is 1.78 bits per heavy atom. The first-order valence-electron chi connectivity index (χ1n) is 10.8. The van der Waals surface area contributed by atoms with Gasteiger partial charge < -0.3 is 15.5 Å². The number of hydrogen-bond donors (Lipinski definition) is 2. The van der Waals surface area contributed by atoms with Gasteiger partial charge in [-0.25, -0.2) is 8.42 Å². The molecule has 1 saturated heterocycles. The van der Waals surface area contributed by atoms with Crippen LogP contribution in [0.15, 0.2) is 47.4 Å². The number of anilines is 3. The maximum Gasteiger partial charge on any atom is 0.243 e. The van der Waals surface area contributed by atoms with E-state index in [1.165, 1.54) is 4.31 Å². The van der Waals surface area contributed by atoms with Crippen LogP contribution in [-0.2, 0) is 19.6 Å². The van der Waals surface area contributed by atoms with E-state index in [4.69, 9.17) is 0 Å². The summed E-state index contributed by atoms with van der Waals surface area (Å²) in [6, 6.07) is 12.0. The van der Waals surface area contributed by atoms with Crippen molar-refractivity contribution in [3.05, 3.63) is 48.0 Å². The summed E-state index contributed by atoms with van der Waals surface area (Å²) >= 11 is 0. The normalized spacial score (nSPS) is 14.1. The summed E-state index contributed by atoms with van der Waals surface area (Å²) in [6.45, 7) is 6.94. The Balaban J connectivity index is 1.63. The number of nitrogens with one attached hydrogen (secondary N) is 2. The van der Waals surface area contributed by atoms with Crippen molar-refractivity contribution >= 4 is 38.9 Å². The number of aryl methyl sites for hydroxylation is 1. The van der Waals surface area contributed by atoms with E-state index in [1.807, 2.05) is 19.1 Å². The van der Waals surface area contributed by atoms with Crippen LogP contribution >= 0.6 is 0 Å². The van der Waals surface area contributed by atoms with E-state index in [0.29, 0.717) is 30.9 Å². The summed E-state index contributed by atoms with van der Waals surface area (Å²) in [7, 11) is -3.58. The lowest BCUT2D eigenvalue weighted by Crippen LogP contribution is -2.30. The second-order valence-corrected chi connectivity index (χ2v) is 9.60. The van der Waals surface area contributed by atoms with Gasteiger partial charge in [-0.3, -0.25) is 9.59 Å². The third-order valence-electron chi connectivity index (χ3n) is 5.53. The molecular weight excluding hydrogens is 428 g/mol.